The number of nitrogens with one attached hydrogen (secondary N) is 1. The maximum atomic E-state index is 13.6. The summed E-state index contributed by atoms with van der Waals surface area (Å²) in [5, 5.41) is 14.0. The van der Waals surface area contributed by atoms with Crippen LogP contribution in [0.1, 0.15) is 6.92 Å². The van der Waals surface area contributed by atoms with Crippen LogP contribution in [0.3, 0.4) is 0 Å². The van der Waals surface area contributed by atoms with Crippen molar-refractivity contribution in [1.29, 1.82) is 0 Å². The lowest BCUT2D eigenvalue weighted by molar-refractivity contribution is -0.384. The molecule has 7 heteroatoms. The van der Waals surface area contributed by atoms with E-state index < -0.39 is 22.3 Å². The topological polar surface area (TPSA) is 64.4 Å². The Morgan fingerprint density at radius 1 is 1.19 bits per heavy atom. The number of nitro groups is 1. The van der Waals surface area contributed by atoms with Gasteiger partial charge in [0.05, 0.1) is 4.92 Å². The van der Waals surface area contributed by atoms with Crippen LogP contribution < -0.4 is 10.1 Å². The minimum Gasteiger partial charge on any atom is -0.447 e. The molecule has 110 valence electrons. The second-order valence-corrected chi connectivity index (χ2v) is 4.09. The fraction of sp³-hybridized carbons (Fsp3) is 0.143. The first kappa shape index (κ1) is 14.7. The van der Waals surface area contributed by atoms with Crippen molar-refractivity contribution in [3.05, 3.63) is 58.1 Å². The standard InChI is InChI=1S/C14H12F2N2O3/c1-2-17-10-6-4-8-12(14(10)18(19)20)21-11-7-3-5-9(15)13(11)16/h3-8,17H,2H2,1H3. The van der Waals surface area contributed by atoms with Crippen molar-refractivity contribution in [1.82, 2.24) is 0 Å². The second kappa shape index (κ2) is 6.17. The molecule has 0 aliphatic rings. The summed E-state index contributed by atoms with van der Waals surface area (Å²) in [5.74, 6) is -2.85. The molecule has 0 aliphatic carbocycles. The normalized spacial score (nSPS) is 10.2. The van der Waals surface area contributed by atoms with E-state index in [9.17, 15) is 18.9 Å². The molecule has 0 saturated carbocycles. The van der Waals surface area contributed by atoms with E-state index in [0.29, 0.717) is 6.54 Å². The highest BCUT2D eigenvalue weighted by atomic mass is 19.2. The third-order valence-electron chi connectivity index (χ3n) is 2.68. The maximum Gasteiger partial charge on any atom is 0.334 e. The Morgan fingerprint density at radius 3 is 2.52 bits per heavy atom. The molecule has 0 heterocycles. The van der Waals surface area contributed by atoms with Gasteiger partial charge in [-0.3, -0.25) is 10.1 Å². The zero-order valence-corrected chi connectivity index (χ0v) is 11.1. The van der Waals surface area contributed by atoms with Gasteiger partial charge in [-0.2, -0.15) is 4.39 Å². The van der Waals surface area contributed by atoms with Crippen LogP contribution in [0.2, 0.25) is 0 Å². The Bertz CT molecular complexity index is 677. The average Bonchev–Trinajstić information content (AvgIpc) is 2.44. The molecule has 21 heavy (non-hydrogen) atoms. The molecule has 0 amide bonds. The molecule has 1 N–H and O–H groups in total. The molecule has 0 fully saturated rings. The summed E-state index contributed by atoms with van der Waals surface area (Å²) in [4.78, 5) is 10.5. The van der Waals surface area contributed by atoms with Gasteiger partial charge < -0.3 is 10.1 Å². The van der Waals surface area contributed by atoms with E-state index in [0.717, 1.165) is 6.07 Å². The SMILES string of the molecule is CCNc1cccc(Oc2cccc(F)c2F)c1[N+](=O)[O-]. The van der Waals surface area contributed by atoms with Crippen LogP contribution in [-0.4, -0.2) is 11.5 Å². The first-order valence-corrected chi connectivity index (χ1v) is 6.17. The molecule has 0 bridgehead atoms. The Morgan fingerprint density at radius 2 is 1.86 bits per heavy atom. The van der Waals surface area contributed by atoms with E-state index in [1.54, 1.807) is 6.92 Å². The predicted octanol–water partition coefficient (Wildman–Crippen LogP) is 4.10. The molecule has 2 aromatic carbocycles. The number of hydrogen-bond acceptors (Lipinski definition) is 4. The van der Waals surface area contributed by atoms with Crippen molar-refractivity contribution in [3.8, 4) is 11.5 Å². The molecular weight excluding hydrogens is 282 g/mol. The monoisotopic (exact) mass is 294 g/mol. The zero-order valence-electron chi connectivity index (χ0n) is 11.1. The van der Waals surface area contributed by atoms with Crippen LogP contribution in [-0.2, 0) is 0 Å². The first-order chi connectivity index (χ1) is 10.0. The second-order valence-electron chi connectivity index (χ2n) is 4.09. The number of nitro benzene ring substituents is 1. The van der Waals surface area contributed by atoms with Gasteiger partial charge in [0.25, 0.3) is 0 Å². The first-order valence-electron chi connectivity index (χ1n) is 6.17. The van der Waals surface area contributed by atoms with Gasteiger partial charge in [0.15, 0.2) is 11.6 Å². The maximum absolute atomic E-state index is 13.6. The van der Waals surface area contributed by atoms with Crippen LogP contribution >= 0.6 is 0 Å². The van der Waals surface area contributed by atoms with Crippen LogP contribution in [0.25, 0.3) is 0 Å². The van der Waals surface area contributed by atoms with Gasteiger partial charge in [0, 0.05) is 6.54 Å². The highest BCUT2D eigenvalue weighted by molar-refractivity contribution is 5.69. The van der Waals surface area contributed by atoms with E-state index in [1.807, 2.05) is 0 Å². The molecule has 0 unspecified atom stereocenters. The van der Waals surface area contributed by atoms with E-state index in [1.165, 1.54) is 30.3 Å². The molecule has 0 aliphatic heterocycles. The molecule has 5 nitrogen and oxygen atoms in total. The average molecular weight is 294 g/mol. The van der Waals surface area contributed by atoms with Gasteiger partial charge in [-0.1, -0.05) is 12.1 Å². The van der Waals surface area contributed by atoms with Gasteiger partial charge >= 0.3 is 5.69 Å². The number of halogens is 2. The van der Waals surface area contributed by atoms with Gasteiger partial charge in [0.2, 0.25) is 11.6 Å². The van der Waals surface area contributed by atoms with Gasteiger partial charge in [-0.25, -0.2) is 4.39 Å². The van der Waals surface area contributed by atoms with Crippen molar-refractivity contribution in [2.75, 3.05) is 11.9 Å². The lowest BCUT2D eigenvalue weighted by Gasteiger charge is -2.10. The molecule has 2 rings (SSSR count). The number of anilines is 1. The van der Waals surface area contributed by atoms with Crippen molar-refractivity contribution >= 4 is 11.4 Å². The summed E-state index contributed by atoms with van der Waals surface area (Å²) < 4.78 is 31.9. The Kier molecular flexibility index (Phi) is 4.32. The summed E-state index contributed by atoms with van der Waals surface area (Å²) in [6.45, 7) is 2.25. The Labute approximate surface area is 119 Å². The molecule has 0 saturated heterocycles. The van der Waals surface area contributed by atoms with E-state index in [4.69, 9.17) is 4.74 Å². The van der Waals surface area contributed by atoms with Crippen LogP contribution in [0.5, 0.6) is 11.5 Å². The molecule has 0 atom stereocenters. The lowest BCUT2D eigenvalue weighted by atomic mass is 10.2. The van der Waals surface area contributed by atoms with Gasteiger partial charge in [-0.15, -0.1) is 0 Å². The van der Waals surface area contributed by atoms with Crippen molar-refractivity contribution in [2.45, 2.75) is 6.92 Å². The molecule has 2 aromatic rings. The number of rotatable bonds is 5. The van der Waals surface area contributed by atoms with Crippen molar-refractivity contribution in [3.63, 3.8) is 0 Å². The number of para-hydroxylation sites is 1. The summed E-state index contributed by atoms with van der Waals surface area (Å²) in [6.07, 6.45) is 0. The third kappa shape index (κ3) is 3.07. The highest BCUT2D eigenvalue weighted by Gasteiger charge is 2.22. The minimum atomic E-state index is -1.19. The third-order valence-corrected chi connectivity index (χ3v) is 2.68. The van der Waals surface area contributed by atoms with Gasteiger partial charge in [0.1, 0.15) is 5.69 Å². The largest absolute Gasteiger partial charge is 0.447 e. The number of benzene rings is 2. The van der Waals surface area contributed by atoms with Crippen LogP contribution in [0.15, 0.2) is 36.4 Å². The fourth-order valence-electron chi connectivity index (χ4n) is 1.81. The number of nitrogens with zero attached hydrogens (tertiary/aromatic N) is 1. The summed E-state index contributed by atoms with van der Waals surface area (Å²) in [5.41, 5.74) is -0.0835. The quantitative estimate of drug-likeness (QED) is 0.666. The number of hydrogen-bond donors (Lipinski definition) is 1. The smallest absolute Gasteiger partial charge is 0.334 e. The zero-order chi connectivity index (χ0) is 15.4. The fourth-order valence-corrected chi connectivity index (χ4v) is 1.81. The summed E-state index contributed by atoms with van der Waals surface area (Å²) in [6, 6.07) is 7.75. The highest BCUT2D eigenvalue weighted by Crippen LogP contribution is 2.38. The molecule has 0 aromatic heterocycles. The van der Waals surface area contributed by atoms with Crippen molar-refractivity contribution < 1.29 is 18.4 Å². The lowest BCUT2D eigenvalue weighted by Crippen LogP contribution is -2.03. The van der Waals surface area contributed by atoms with Crippen molar-refractivity contribution in [2.24, 2.45) is 0 Å². The molecular formula is C14H12F2N2O3. The predicted molar refractivity (Wildman–Crippen MR) is 73.7 cm³/mol. The Balaban J connectivity index is 2.46. The van der Waals surface area contributed by atoms with E-state index in [2.05, 4.69) is 5.32 Å². The van der Waals surface area contributed by atoms with Crippen LogP contribution in [0, 0.1) is 21.7 Å². The molecule has 0 radical (unpaired) electrons. The minimum absolute atomic E-state index is 0.164. The summed E-state index contributed by atoms with van der Waals surface area (Å²) >= 11 is 0. The van der Waals surface area contributed by atoms with Gasteiger partial charge in [-0.05, 0) is 31.2 Å². The Hall–Kier alpha value is -2.70. The number of ether oxygens (including phenoxy) is 1. The van der Waals surface area contributed by atoms with Crippen LogP contribution in [0.4, 0.5) is 20.2 Å². The van der Waals surface area contributed by atoms with E-state index >= 15 is 0 Å². The van der Waals surface area contributed by atoms with E-state index in [-0.39, 0.29) is 17.1 Å². The summed E-state index contributed by atoms with van der Waals surface area (Å²) in [7, 11) is 0. The molecule has 0 spiro atoms.